The van der Waals surface area contributed by atoms with Gasteiger partial charge in [0.05, 0.1) is 33.8 Å². The van der Waals surface area contributed by atoms with Gasteiger partial charge in [-0.2, -0.15) is 0 Å². The number of rotatable bonds is 59. The van der Waals surface area contributed by atoms with Crippen molar-refractivity contribution in [3.63, 3.8) is 0 Å². The molecule has 0 spiro atoms. The number of carbonyl (C=O) groups excluding carboxylic acids is 2. The van der Waals surface area contributed by atoms with Gasteiger partial charge in [-0.1, -0.05) is 259 Å². The third kappa shape index (κ3) is 61.1. The fraction of sp³-hybridized carbons (Fsp3) is 0.718. The van der Waals surface area contributed by atoms with E-state index in [9.17, 15) is 19.0 Å². The first-order chi connectivity index (χ1) is 39.4. The van der Waals surface area contributed by atoms with Crippen LogP contribution < -0.4 is 10.2 Å². The molecule has 1 N–H and O–H groups in total. The van der Waals surface area contributed by atoms with E-state index in [2.05, 4.69) is 123 Å². The van der Waals surface area contributed by atoms with E-state index in [-0.39, 0.29) is 31.3 Å². The largest absolute Gasteiger partial charge is 0.756 e. The Morgan fingerprint density at radius 2 is 0.790 bits per heavy atom. The van der Waals surface area contributed by atoms with E-state index in [1.54, 1.807) is 0 Å². The molecule has 3 unspecified atom stereocenters. The Balaban J connectivity index is 5.17. The number of ether oxygens (including phenoxy) is 1. The van der Waals surface area contributed by atoms with Crippen molar-refractivity contribution in [1.29, 1.82) is 0 Å². The summed E-state index contributed by atoms with van der Waals surface area (Å²) in [6.45, 7) is 6.68. The SMILES string of the molecule is CC/C=C\C/C=C\C/C=C\C/C=C\C/C=C\CCCCCCCC(=O)NC(COP(=O)([O-])OCC[N+](C)(C)C)C(/C=C/CCCCCCCCCCC)OC(=O)CCCCCCCCCCCC/C=C\C/C=C\C/C=C\CCCCC. The molecule has 0 radical (unpaired) electrons. The number of carbonyl (C=O) groups is 2. The lowest BCUT2D eigenvalue weighted by Gasteiger charge is -2.30. The van der Waals surface area contributed by atoms with Gasteiger partial charge in [0.15, 0.2) is 0 Å². The number of quaternary nitrogens is 1. The molecule has 0 rings (SSSR count). The van der Waals surface area contributed by atoms with Crippen LogP contribution in [0.25, 0.3) is 0 Å². The molecule has 3 atom stereocenters. The minimum Gasteiger partial charge on any atom is -0.756 e. The Kier molecular flexibility index (Phi) is 57.4. The number of unbranched alkanes of at least 4 members (excludes halogenated alkanes) is 27. The van der Waals surface area contributed by atoms with E-state index in [0.29, 0.717) is 17.4 Å². The van der Waals surface area contributed by atoms with E-state index in [0.717, 1.165) is 128 Å². The summed E-state index contributed by atoms with van der Waals surface area (Å²) >= 11 is 0. The molecule has 466 valence electrons. The average Bonchev–Trinajstić information content (AvgIpc) is 3.44. The molecular weight excluding hydrogens is 1020 g/mol. The molecule has 0 heterocycles. The summed E-state index contributed by atoms with van der Waals surface area (Å²) in [5, 5.41) is 3.02. The number of hydrogen-bond acceptors (Lipinski definition) is 7. The number of amides is 1. The van der Waals surface area contributed by atoms with Crippen LogP contribution >= 0.6 is 7.82 Å². The highest BCUT2D eigenvalue weighted by atomic mass is 31.2. The number of hydrogen-bond donors (Lipinski definition) is 1. The van der Waals surface area contributed by atoms with E-state index in [4.69, 9.17) is 13.8 Å². The maximum absolute atomic E-state index is 13.6. The number of phosphoric ester groups is 1. The van der Waals surface area contributed by atoms with Crippen LogP contribution in [-0.4, -0.2) is 69.4 Å². The summed E-state index contributed by atoms with van der Waals surface area (Å²) in [6, 6.07) is -0.908. The quantitative estimate of drug-likeness (QED) is 0.0212. The van der Waals surface area contributed by atoms with Gasteiger partial charge in [0.2, 0.25) is 5.91 Å². The Hall–Kier alpha value is -3.33. The van der Waals surface area contributed by atoms with E-state index < -0.39 is 26.6 Å². The number of allylic oxidation sites excluding steroid dienone is 17. The summed E-state index contributed by atoms with van der Waals surface area (Å²) in [4.78, 5) is 40.1. The van der Waals surface area contributed by atoms with Crippen LogP contribution in [-0.2, 0) is 27.9 Å². The highest BCUT2D eigenvalue weighted by molar-refractivity contribution is 7.45. The van der Waals surface area contributed by atoms with Gasteiger partial charge in [0, 0.05) is 12.8 Å². The monoisotopic (exact) mass is 1150 g/mol. The first-order valence-corrected chi connectivity index (χ1v) is 34.7. The van der Waals surface area contributed by atoms with Crippen molar-refractivity contribution in [2.24, 2.45) is 0 Å². The fourth-order valence-electron chi connectivity index (χ4n) is 9.08. The van der Waals surface area contributed by atoms with Crippen LogP contribution in [0, 0.1) is 0 Å². The minimum absolute atomic E-state index is 0.0323. The Morgan fingerprint density at radius 1 is 0.444 bits per heavy atom. The maximum atomic E-state index is 13.6. The third-order valence-electron chi connectivity index (χ3n) is 14.2. The van der Waals surface area contributed by atoms with Crippen LogP contribution in [0.15, 0.2) is 109 Å². The Morgan fingerprint density at radius 3 is 1.21 bits per heavy atom. The van der Waals surface area contributed by atoms with Crippen LogP contribution in [0.2, 0.25) is 0 Å². The van der Waals surface area contributed by atoms with Crippen molar-refractivity contribution in [2.75, 3.05) is 40.9 Å². The topological polar surface area (TPSA) is 114 Å². The molecule has 81 heavy (non-hydrogen) atoms. The molecule has 0 aliphatic carbocycles. The van der Waals surface area contributed by atoms with Crippen LogP contribution in [0.3, 0.4) is 0 Å². The fourth-order valence-corrected chi connectivity index (χ4v) is 9.81. The molecule has 0 saturated carbocycles. The Bertz CT molecular complexity index is 1750. The van der Waals surface area contributed by atoms with E-state index in [1.807, 2.05) is 33.3 Å². The normalized spacial score (nSPS) is 14.3. The summed E-state index contributed by atoms with van der Waals surface area (Å²) in [5.74, 6) is -0.570. The van der Waals surface area contributed by atoms with Gasteiger partial charge >= 0.3 is 5.97 Å². The number of esters is 1. The van der Waals surface area contributed by atoms with Crippen molar-refractivity contribution in [3.8, 4) is 0 Å². The highest BCUT2D eigenvalue weighted by Gasteiger charge is 2.27. The van der Waals surface area contributed by atoms with Gasteiger partial charge in [-0.05, 0) is 115 Å². The summed E-state index contributed by atoms with van der Waals surface area (Å²) in [5.41, 5.74) is 0. The molecule has 0 aromatic rings. The molecule has 10 heteroatoms. The average molecular weight is 1150 g/mol. The lowest BCUT2D eigenvalue weighted by Crippen LogP contribution is -2.47. The zero-order valence-corrected chi connectivity index (χ0v) is 54.1. The number of nitrogens with one attached hydrogen (secondary N) is 1. The van der Waals surface area contributed by atoms with Gasteiger partial charge in [-0.15, -0.1) is 0 Å². The van der Waals surface area contributed by atoms with E-state index in [1.165, 1.54) is 109 Å². The molecule has 0 aromatic heterocycles. The van der Waals surface area contributed by atoms with Crippen LogP contribution in [0.5, 0.6) is 0 Å². The summed E-state index contributed by atoms with van der Waals surface area (Å²) in [6.07, 6.45) is 82.0. The molecule has 0 aromatic carbocycles. The second-order valence-corrected chi connectivity index (χ2v) is 24.6. The molecule has 0 aliphatic rings. The van der Waals surface area contributed by atoms with Gasteiger partial charge in [-0.3, -0.25) is 14.2 Å². The number of phosphoric acid groups is 1. The number of likely N-dealkylation sites (N-methyl/N-ethyl adjacent to an activating group) is 1. The lowest BCUT2D eigenvalue weighted by molar-refractivity contribution is -0.870. The number of nitrogens with zero attached hydrogens (tertiary/aromatic N) is 1. The second-order valence-electron chi connectivity index (χ2n) is 23.2. The van der Waals surface area contributed by atoms with Gasteiger partial charge < -0.3 is 28.5 Å². The molecule has 1 amide bonds. The first kappa shape index (κ1) is 77.7. The van der Waals surface area contributed by atoms with Gasteiger partial charge in [0.25, 0.3) is 7.82 Å². The van der Waals surface area contributed by atoms with Crippen molar-refractivity contribution >= 4 is 19.7 Å². The van der Waals surface area contributed by atoms with Crippen molar-refractivity contribution in [2.45, 2.75) is 290 Å². The van der Waals surface area contributed by atoms with Crippen molar-refractivity contribution in [3.05, 3.63) is 109 Å². The molecule has 9 nitrogen and oxygen atoms in total. The predicted molar refractivity (Wildman–Crippen MR) is 348 cm³/mol. The van der Waals surface area contributed by atoms with Crippen molar-refractivity contribution < 1.29 is 37.3 Å². The Labute approximate surface area is 500 Å². The molecule has 0 fully saturated rings. The van der Waals surface area contributed by atoms with Gasteiger partial charge in [-0.25, -0.2) is 0 Å². The maximum Gasteiger partial charge on any atom is 0.306 e. The zero-order valence-electron chi connectivity index (χ0n) is 53.2. The summed E-state index contributed by atoms with van der Waals surface area (Å²) in [7, 11) is 1.16. The van der Waals surface area contributed by atoms with Crippen molar-refractivity contribution in [1.82, 2.24) is 5.32 Å². The lowest BCUT2D eigenvalue weighted by atomic mass is 10.0. The van der Waals surface area contributed by atoms with E-state index >= 15 is 0 Å². The standard InChI is InChI=1S/C71H125N2O7P/c1-7-10-13-16-19-22-25-27-29-31-33-35-36-38-40-42-44-46-49-52-55-58-61-64-71(75)80-69(62-59-56-53-50-47-24-21-18-15-12-9-3)68(67-79-81(76,77)78-66-65-73(4,5)6)72-70(74)63-60-57-54-51-48-45-43-41-39-37-34-32-30-28-26-23-20-17-14-11-8-2/h11,14,19-20,22-23,27-30,33-35,37,41,43,59,62,68-69H,7-10,12-13,15-18,21,24-26,31-32,36,38-40,42,44-58,60-61,63-67H2,1-6H3,(H-,72,74,76,77)/b14-11-,22-19-,23-20-,29-27-,30-28-,35-33-,37-34-,43-41-,62-59+. The molecule has 0 bridgehead atoms. The zero-order chi connectivity index (χ0) is 59.3. The summed E-state index contributed by atoms with van der Waals surface area (Å²) < 4.78 is 30.4. The third-order valence-corrected chi connectivity index (χ3v) is 15.2. The highest BCUT2D eigenvalue weighted by Crippen LogP contribution is 2.38. The minimum atomic E-state index is -4.71. The smallest absolute Gasteiger partial charge is 0.306 e. The molecule has 0 aliphatic heterocycles. The first-order valence-electron chi connectivity index (χ1n) is 33.2. The van der Waals surface area contributed by atoms with Crippen LogP contribution in [0.4, 0.5) is 0 Å². The second kappa shape index (κ2) is 59.8. The molecular formula is C71H125N2O7P. The predicted octanol–water partition coefficient (Wildman–Crippen LogP) is 20.3. The molecule has 0 saturated heterocycles. The van der Waals surface area contributed by atoms with Gasteiger partial charge in [0.1, 0.15) is 19.3 Å². The van der Waals surface area contributed by atoms with Crippen LogP contribution in [0.1, 0.15) is 278 Å².